The number of carbonyl (C=O) groups excluding carboxylic acids is 2. The third kappa shape index (κ3) is 6.61. The molecule has 24 heavy (non-hydrogen) atoms. The van der Waals surface area contributed by atoms with E-state index in [1.807, 2.05) is 11.4 Å². The molecule has 0 bridgehead atoms. The van der Waals surface area contributed by atoms with Crippen molar-refractivity contribution in [2.75, 3.05) is 32.7 Å². The van der Waals surface area contributed by atoms with E-state index in [0.717, 1.165) is 24.8 Å². The van der Waals surface area contributed by atoms with Crippen molar-refractivity contribution in [2.24, 2.45) is 11.8 Å². The number of carbonyl (C=O) groups is 2. The molecule has 2 atom stereocenters. The van der Waals surface area contributed by atoms with Crippen LogP contribution in [0, 0.1) is 11.8 Å². The van der Waals surface area contributed by atoms with Gasteiger partial charge in [0.05, 0.1) is 4.88 Å². The molecule has 0 radical (unpaired) electrons. The van der Waals surface area contributed by atoms with Crippen LogP contribution < -0.4 is 10.6 Å². The number of thiophene rings is 1. The van der Waals surface area contributed by atoms with Crippen LogP contribution >= 0.6 is 11.3 Å². The molecule has 6 heteroatoms. The number of nitrogens with zero attached hydrogens (tertiary/aromatic N) is 1. The predicted molar refractivity (Wildman–Crippen MR) is 98.3 cm³/mol. The lowest BCUT2D eigenvalue weighted by Crippen LogP contribution is -2.40. The van der Waals surface area contributed by atoms with Gasteiger partial charge >= 0.3 is 0 Å². The molecule has 0 aliphatic carbocycles. The smallest absolute Gasteiger partial charge is 0.261 e. The molecule has 0 saturated carbocycles. The summed E-state index contributed by atoms with van der Waals surface area (Å²) in [6, 6.07) is 3.62. The zero-order valence-electron chi connectivity index (χ0n) is 14.7. The first-order valence-corrected chi connectivity index (χ1v) is 9.73. The van der Waals surface area contributed by atoms with E-state index in [2.05, 4.69) is 29.4 Å². The van der Waals surface area contributed by atoms with Crippen molar-refractivity contribution in [1.82, 2.24) is 15.5 Å². The van der Waals surface area contributed by atoms with E-state index < -0.39 is 0 Å². The fraction of sp³-hybridized carbons (Fsp3) is 0.667. The van der Waals surface area contributed by atoms with Crippen molar-refractivity contribution in [2.45, 2.75) is 33.1 Å². The zero-order chi connectivity index (χ0) is 17.4. The number of likely N-dealkylation sites (tertiary alicyclic amines) is 1. The number of nitrogens with one attached hydrogen (secondary N) is 2. The minimum Gasteiger partial charge on any atom is -0.356 e. The number of rotatable bonds is 8. The van der Waals surface area contributed by atoms with Gasteiger partial charge in [-0.2, -0.15) is 0 Å². The molecule has 2 heterocycles. The van der Waals surface area contributed by atoms with Crippen LogP contribution in [0.4, 0.5) is 0 Å². The minimum absolute atomic E-state index is 0.00172. The molecule has 2 amide bonds. The SMILES string of the molecule is C[C@@H]1C[C@@H](C)CN(CCCNC(=O)CCNC(=O)c2cccs2)C1. The van der Waals surface area contributed by atoms with Gasteiger partial charge in [-0.25, -0.2) is 0 Å². The van der Waals surface area contributed by atoms with Crippen molar-refractivity contribution >= 4 is 23.2 Å². The zero-order valence-corrected chi connectivity index (χ0v) is 15.5. The highest BCUT2D eigenvalue weighted by Gasteiger charge is 2.21. The van der Waals surface area contributed by atoms with Gasteiger partial charge in [0, 0.05) is 32.6 Å². The average molecular weight is 352 g/mol. The van der Waals surface area contributed by atoms with Crippen molar-refractivity contribution < 1.29 is 9.59 Å². The van der Waals surface area contributed by atoms with Crippen molar-refractivity contribution in [3.05, 3.63) is 22.4 Å². The first-order valence-electron chi connectivity index (χ1n) is 8.85. The first kappa shape index (κ1) is 18.9. The van der Waals surface area contributed by atoms with Gasteiger partial charge in [0.2, 0.25) is 5.91 Å². The molecule has 2 rings (SSSR count). The topological polar surface area (TPSA) is 61.4 Å². The molecule has 0 aromatic carbocycles. The molecular weight excluding hydrogens is 322 g/mol. The lowest BCUT2D eigenvalue weighted by atomic mass is 9.92. The second-order valence-corrected chi connectivity index (χ2v) is 7.84. The van der Waals surface area contributed by atoms with Crippen molar-refractivity contribution in [3.8, 4) is 0 Å². The van der Waals surface area contributed by atoms with Crippen LogP contribution in [0.3, 0.4) is 0 Å². The highest BCUT2D eigenvalue weighted by Crippen LogP contribution is 2.20. The number of amides is 2. The highest BCUT2D eigenvalue weighted by atomic mass is 32.1. The van der Waals surface area contributed by atoms with Gasteiger partial charge in [-0.1, -0.05) is 19.9 Å². The van der Waals surface area contributed by atoms with Gasteiger partial charge < -0.3 is 15.5 Å². The second-order valence-electron chi connectivity index (χ2n) is 6.89. The Morgan fingerprint density at radius 1 is 1.21 bits per heavy atom. The first-order chi connectivity index (χ1) is 11.5. The molecular formula is C18H29N3O2S. The van der Waals surface area contributed by atoms with Gasteiger partial charge in [-0.15, -0.1) is 11.3 Å². The molecule has 134 valence electrons. The Morgan fingerprint density at radius 2 is 1.96 bits per heavy atom. The Balaban J connectivity index is 1.51. The Kier molecular flexibility index (Phi) is 7.72. The normalized spacial score (nSPS) is 21.4. The molecule has 1 fully saturated rings. The number of hydrogen-bond acceptors (Lipinski definition) is 4. The van der Waals surface area contributed by atoms with E-state index in [1.165, 1.54) is 30.8 Å². The molecule has 1 aromatic heterocycles. The molecule has 2 N–H and O–H groups in total. The third-order valence-corrected chi connectivity index (χ3v) is 5.17. The van der Waals surface area contributed by atoms with Crippen LogP contribution in [-0.2, 0) is 4.79 Å². The number of piperidine rings is 1. The van der Waals surface area contributed by atoms with Gasteiger partial charge in [-0.05, 0) is 42.7 Å². The fourth-order valence-corrected chi connectivity index (χ4v) is 4.02. The van der Waals surface area contributed by atoms with Crippen LogP contribution in [0.25, 0.3) is 0 Å². The van der Waals surface area contributed by atoms with E-state index in [0.29, 0.717) is 24.4 Å². The second kappa shape index (κ2) is 9.79. The average Bonchev–Trinajstić information content (AvgIpc) is 3.05. The van der Waals surface area contributed by atoms with Crippen LogP contribution in [0.2, 0.25) is 0 Å². The quantitative estimate of drug-likeness (QED) is 0.707. The fourth-order valence-electron chi connectivity index (χ4n) is 3.38. The van der Waals surface area contributed by atoms with Gasteiger partial charge in [0.25, 0.3) is 5.91 Å². The lowest BCUT2D eigenvalue weighted by Gasteiger charge is -2.34. The van der Waals surface area contributed by atoms with Crippen molar-refractivity contribution in [3.63, 3.8) is 0 Å². The van der Waals surface area contributed by atoms with Crippen LogP contribution in [0.5, 0.6) is 0 Å². The molecule has 1 aromatic rings. The van der Waals surface area contributed by atoms with Crippen molar-refractivity contribution in [1.29, 1.82) is 0 Å². The highest BCUT2D eigenvalue weighted by molar-refractivity contribution is 7.12. The molecule has 1 aliphatic heterocycles. The molecule has 1 saturated heterocycles. The maximum absolute atomic E-state index is 11.8. The Hall–Kier alpha value is -1.40. The van der Waals surface area contributed by atoms with Gasteiger partial charge in [0.15, 0.2) is 0 Å². The van der Waals surface area contributed by atoms with E-state index in [4.69, 9.17) is 0 Å². The third-order valence-electron chi connectivity index (χ3n) is 4.30. The van der Waals surface area contributed by atoms with E-state index >= 15 is 0 Å². The summed E-state index contributed by atoms with van der Waals surface area (Å²) in [5, 5.41) is 7.58. The largest absolute Gasteiger partial charge is 0.356 e. The summed E-state index contributed by atoms with van der Waals surface area (Å²) in [6.07, 6.45) is 2.63. The van der Waals surface area contributed by atoms with Gasteiger partial charge in [0.1, 0.15) is 0 Å². The lowest BCUT2D eigenvalue weighted by molar-refractivity contribution is -0.120. The minimum atomic E-state index is -0.105. The summed E-state index contributed by atoms with van der Waals surface area (Å²) in [5.74, 6) is 1.44. The predicted octanol–water partition coefficient (Wildman–Crippen LogP) is 2.35. The van der Waals surface area contributed by atoms with Gasteiger partial charge in [-0.3, -0.25) is 9.59 Å². The molecule has 0 unspecified atom stereocenters. The number of hydrogen-bond donors (Lipinski definition) is 2. The van der Waals surface area contributed by atoms with Crippen LogP contribution in [0.15, 0.2) is 17.5 Å². The van der Waals surface area contributed by atoms with Crippen LogP contribution in [0.1, 0.15) is 42.8 Å². The Labute approximate surface area is 148 Å². The summed E-state index contributed by atoms with van der Waals surface area (Å²) < 4.78 is 0. The van der Waals surface area contributed by atoms with E-state index in [1.54, 1.807) is 6.07 Å². The maximum atomic E-state index is 11.8. The Bertz CT molecular complexity index is 508. The maximum Gasteiger partial charge on any atom is 0.261 e. The summed E-state index contributed by atoms with van der Waals surface area (Å²) in [6.45, 7) is 9.11. The molecule has 0 spiro atoms. The molecule has 5 nitrogen and oxygen atoms in total. The summed E-state index contributed by atoms with van der Waals surface area (Å²) in [5.41, 5.74) is 0. The van der Waals surface area contributed by atoms with E-state index in [9.17, 15) is 9.59 Å². The monoisotopic (exact) mass is 351 g/mol. The summed E-state index contributed by atoms with van der Waals surface area (Å²) in [4.78, 5) is 26.7. The summed E-state index contributed by atoms with van der Waals surface area (Å²) in [7, 11) is 0. The van der Waals surface area contributed by atoms with Crippen LogP contribution in [-0.4, -0.2) is 49.4 Å². The molecule has 1 aliphatic rings. The van der Waals surface area contributed by atoms with E-state index in [-0.39, 0.29) is 11.8 Å². The Morgan fingerprint density at radius 3 is 2.62 bits per heavy atom. The summed E-state index contributed by atoms with van der Waals surface area (Å²) >= 11 is 1.40. The standard InChI is InChI=1S/C18H29N3O2S/c1-14-11-15(2)13-21(12-14)9-4-7-19-17(22)6-8-20-18(23)16-5-3-10-24-16/h3,5,10,14-15H,4,6-9,11-13H2,1-2H3,(H,19,22)(H,20,23)/t14-,15-/m1/s1.